The van der Waals surface area contributed by atoms with Crippen LogP contribution in [-0.4, -0.2) is 29.5 Å². The summed E-state index contributed by atoms with van der Waals surface area (Å²) in [7, 11) is 0. The van der Waals surface area contributed by atoms with E-state index >= 15 is 0 Å². The van der Waals surface area contributed by atoms with E-state index in [-0.39, 0.29) is 5.69 Å². The number of nitrogens with zero attached hydrogens (tertiary/aromatic N) is 5. The highest BCUT2D eigenvalue weighted by Gasteiger charge is 2.21. The summed E-state index contributed by atoms with van der Waals surface area (Å²) in [5.74, 6) is -0.255. The largest absolute Gasteiger partial charge is 0.360 e. The van der Waals surface area contributed by atoms with Gasteiger partial charge in [-0.1, -0.05) is 23.7 Å². The maximum absolute atomic E-state index is 14.6. The number of hydrogen-bond acceptors (Lipinski definition) is 6. The lowest BCUT2D eigenvalue weighted by atomic mass is 10.1. The second-order valence-electron chi connectivity index (χ2n) is 6.92. The number of nitrogens with one attached hydrogen (secondary N) is 2. The van der Waals surface area contributed by atoms with Crippen molar-refractivity contribution >= 4 is 39.4 Å². The topological polar surface area (TPSA) is 101 Å². The average molecular weight is 436 g/mol. The number of halogens is 2. The van der Waals surface area contributed by atoms with Gasteiger partial charge in [0.25, 0.3) is 5.56 Å². The summed E-state index contributed by atoms with van der Waals surface area (Å²) in [4.78, 5) is 32.7. The number of anilines is 1. The molecule has 0 amide bonds. The molecular formula is C21H15ClFN7O. The number of hydrogen-bond donors (Lipinski definition) is 2. The van der Waals surface area contributed by atoms with Crippen LogP contribution in [0.1, 0.15) is 18.7 Å². The molecular weight excluding hydrogens is 421 g/mol. The van der Waals surface area contributed by atoms with Crippen molar-refractivity contribution < 1.29 is 4.39 Å². The number of pyridine rings is 2. The third-order valence-corrected chi connectivity index (χ3v) is 5.34. The van der Waals surface area contributed by atoms with Crippen LogP contribution in [0.2, 0.25) is 5.02 Å². The number of imidazole rings is 1. The Morgan fingerprint density at radius 1 is 1.16 bits per heavy atom. The fourth-order valence-corrected chi connectivity index (χ4v) is 3.87. The van der Waals surface area contributed by atoms with Gasteiger partial charge in [-0.3, -0.25) is 9.36 Å². The zero-order valence-corrected chi connectivity index (χ0v) is 16.9. The second-order valence-corrected chi connectivity index (χ2v) is 7.32. The minimum Gasteiger partial charge on any atom is -0.360 e. The Morgan fingerprint density at radius 3 is 2.87 bits per heavy atom. The van der Waals surface area contributed by atoms with Crippen LogP contribution in [0, 0.1) is 5.95 Å². The van der Waals surface area contributed by atoms with E-state index in [9.17, 15) is 9.18 Å². The molecule has 10 heteroatoms. The van der Waals surface area contributed by atoms with Crippen LogP contribution < -0.4 is 10.9 Å². The zero-order valence-electron chi connectivity index (χ0n) is 16.2. The van der Waals surface area contributed by atoms with Crippen LogP contribution >= 0.6 is 11.6 Å². The van der Waals surface area contributed by atoms with E-state index in [1.165, 1.54) is 29.5 Å². The second kappa shape index (κ2) is 7.44. The predicted molar refractivity (Wildman–Crippen MR) is 116 cm³/mol. The molecule has 1 unspecified atom stereocenters. The minimum atomic E-state index is -0.762. The maximum atomic E-state index is 14.6. The van der Waals surface area contributed by atoms with E-state index in [0.29, 0.717) is 38.5 Å². The van der Waals surface area contributed by atoms with E-state index < -0.39 is 17.5 Å². The Hall–Kier alpha value is -3.85. The Kier molecular flexibility index (Phi) is 4.59. The van der Waals surface area contributed by atoms with Gasteiger partial charge in [0, 0.05) is 11.9 Å². The molecule has 154 valence electrons. The molecule has 31 heavy (non-hydrogen) atoms. The first-order chi connectivity index (χ1) is 15.0. The van der Waals surface area contributed by atoms with Crippen molar-refractivity contribution in [3.63, 3.8) is 0 Å². The van der Waals surface area contributed by atoms with Crippen molar-refractivity contribution in [3.8, 4) is 5.69 Å². The van der Waals surface area contributed by atoms with Gasteiger partial charge in [-0.25, -0.2) is 19.9 Å². The zero-order chi connectivity index (χ0) is 21.5. The van der Waals surface area contributed by atoms with E-state index in [4.69, 9.17) is 11.6 Å². The Morgan fingerprint density at radius 2 is 2.03 bits per heavy atom. The third kappa shape index (κ3) is 3.19. The number of aromatic amines is 1. The highest BCUT2D eigenvalue weighted by molar-refractivity contribution is 6.35. The van der Waals surface area contributed by atoms with Crippen LogP contribution in [0.4, 0.5) is 10.2 Å². The number of benzene rings is 1. The lowest BCUT2D eigenvalue weighted by Crippen LogP contribution is -2.26. The summed E-state index contributed by atoms with van der Waals surface area (Å²) < 4.78 is 15.9. The Labute approximate surface area is 179 Å². The van der Waals surface area contributed by atoms with Gasteiger partial charge in [-0.05, 0) is 36.6 Å². The van der Waals surface area contributed by atoms with Crippen molar-refractivity contribution in [1.82, 2.24) is 29.5 Å². The SMILES string of the molecule is CC(Nc1ncnc2nc[nH]c12)c1cc2cccc(Cl)c2c(=O)n1-c1cccnc1F. The van der Waals surface area contributed by atoms with E-state index in [1.54, 1.807) is 30.3 Å². The molecule has 5 rings (SSSR count). The predicted octanol–water partition coefficient (Wildman–Crippen LogP) is 4.02. The molecule has 0 saturated heterocycles. The fraction of sp³-hybridized carbons (Fsp3) is 0.0952. The smallest absolute Gasteiger partial charge is 0.264 e. The molecule has 4 aromatic heterocycles. The van der Waals surface area contributed by atoms with Crippen LogP contribution in [0.3, 0.4) is 0 Å². The molecule has 0 aliphatic heterocycles. The van der Waals surface area contributed by atoms with Crippen molar-refractivity contribution in [3.05, 3.63) is 82.3 Å². The van der Waals surface area contributed by atoms with Crippen LogP contribution in [0.25, 0.3) is 27.6 Å². The molecule has 1 aromatic carbocycles. The van der Waals surface area contributed by atoms with Gasteiger partial charge >= 0.3 is 0 Å². The Balaban J connectivity index is 1.74. The standard InChI is InChI=1S/C21H15ClFN7O/c1-11(29-20-17-19(26-9-25-17)27-10-28-20)15-8-12-4-2-5-13(22)16(12)21(31)30(15)14-6-3-7-24-18(14)23/h2-11H,1H3,(H2,25,26,27,28,29). The summed E-state index contributed by atoms with van der Waals surface area (Å²) in [5, 5.41) is 4.52. The number of H-pyrrole nitrogens is 1. The van der Waals surface area contributed by atoms with E-state index in [1.807, 2.05) is 6.92 Å². The van der Waals surface area contributed by atoms with Crippen molar-refractivity contribution in [2.75, 3.05) is 5.32 Å². The lowest BCUT2D eigenvalue weighted by Gasteiger charge is -2.21. The first-order valence-corrected chi connectivity index (χ1v) is 9.78. The Bertz CT molecular complexity index is 1500. The van der Waals surface area contributed by atoms with Gasteiger partial charge in [-0.2, -0.15) is 4.39 Å². The summed E-state index contributed by atoms with van der Waals surface area (Å²) in [6.07, 6.45) is 4.25. The highest BCUT2D eigenvalue weighted by atomic mass is 35.5. The van der Waals surface area contributed by atoms with E-state index in [2.05, 4.69) is 30.2 Å². The summed E-state index contributed by atoms with van der Waals surface area (Å²) in [5.41, 5.74) is 1.24. The first kappa shape index (κ1) is 19.1. The molecule has 0 radical (unpaired) electrons. The molecule has 8 nitrogen and oxygen atoms in total. The van der Waals surface area contributed by atoms with Gasteiger partial charge in [0.1, 0.15) is 17.5 Å². The average Bonchev–Trinajstić information content (AvgIpc) is 3.24. The first-order valence-electron chi connectivity index (χ1n) is 9.40. The molecule has 0 aliphatic rings. The van der Waals surface area contributed by atoms with Gasteiger partial charge in [-0.15, -0.1) is 0 Å². The molecule has 1 atom stereocenters. The van der Waals surface area contributed by atoms with Crippen LogP contribution in [0.5, 0.6) is 0 Å². The van der Waals surface area contributed by atoms with E-state index in [0.717, 1.165) is 0 Å². The molecule has 0 spiro atoms. The van der Waals surface area contributed by atoms with Gasteiger partial charge in [0.15, 0.2) is 11.5 Å². The molecule has 0 aliphatic carbocycles. The van der Waals surface area contributed by atoms with Crippen LogP contribution in [0.15, 0.2) is 60.0 Å². The lowest BCUT2D eigenvalue weighted by molar-refractivity contribution is 0.569. The van der Waals surface area contributed by atoms with Gasteiger partial charge in [0.2, 0.25) is 5.95 Å². The number of aromatic nitrogens is 6. The van der Waals surface area contributed by atoms with Gasteiger partial charge < -0.3 is 10.3 Å². The minimum absolute atomic E-state index is 0.0346. The number of fused-ring (bicyclic) bond motifs is 2. The molecule has 2 N–H and O–H groups in total. The summed E-state index contributed by atoms with van der Waals surface area (Å²) in [6.45, 7) is 1.85. The normalized spacial score (nSPS) is 12.4. The summed E-state index contributed by atoms with van der Waals surface area (Å²) >= 11 is 6.31. The molecule has 4 heterocycles. The molecule has 0 fully saturated rings. The highest BCUT2D eigenvalue weighted by Crippen LogP contribution is 2.28. The monoisotopic (exact) mass is 435 g/mol. The fourth-order valence-electron chi connectivity index (χ4n) is 3.60. The van der Waals surface area contributed by atoms with Crippen molar-refractivity contribution in [2.24, 2.45) is 0 Å². The third-order valence-electron chi connectivity index (χ3n) is 5.02. The quantitative estimate of drug-likeness (QED) is 0.413. The number of rotatable bonds is 4. The summed E-state index contributed by atoms with van der Waals surface area (Å²) in [6, 6.07) is 9.62. The van der Waals surface area contributed by atoms with Crippen LogP contribution in [-0.2, 0) is 0 Å². The molecule has 0 saturated carbocycles. The maximum Gasteiger partial charge on any atom is 0.264 e. The molecule has 5 aromatic rings. The van der Waals surface area contributed by atoms with Crippen molar-refractivity contribution in [1.29, 1.82) is 0 Å². The van der Waals surface area contributed by atoms with Gasteiger partial charge in [0.05, 0.1) is 22.8 Å². The molecule has 0 bridgehead atoms. The van der Waals surface area contributed by atoms with Crippen molar-refractivity contribution in [2.45, 2.75) is 13.0 Å².